The van der Waals surface area contributed by atoms with E-state index in [0.29, 0.717) is 31.7 Å². The summed E-state index contributed by atoms with van der Waals surface area (Å²) in [7, 11) is -3.50. The van der Waals surface area contributed by atoms with Crippen LogP contribution in [0, 0.1) is 0 Å². The van der Waals surface area contributed by atoms with Crippen LogP contribution in [0.1, 0.15) is 30.1 Å². The first-order valence-electron chi connectivity index (χ1n) is 8.04. The number of piperazine rings is 1. The van der Waals surface area contributed by atoms with Crippen molar-refractivity contribution in [1.29, 1.82) is 0 Å². The molecule has 0 aromatic heterocycles. The summed E-state index contributed by atoms with van der Waals surface area (Å²) in [5.74, 6) is -0.128. The average molecular weight is 351 g/mol. The Bertz CT molecular complexity index is 733. The third kappa shape index (κ3) is 3.76. The molecule has 1 aliphatic carbocycles. The maximum Gasteiger partial charge on any atom is 0.253 e. The van der Waals surface area contributed by atoms with Gasteiger partial charge in [-0.1, -0.05) is 0 Å². The van der Waals surface area contributed by atoms with E-state index in [0.717, 1.165) is 12.8 Å². The Balaban J connectivity index is 1.65. The molecular weight excluding hydrogens is 330 g/mol. The minimum atomic E-state index is -3.50. The van der Waals surface area contributed by atoms with Crippen LogP contribution in [0.3, 0.4) is 0 Å². The Morgan fingerprint density at radius 2 is 1.54 bits per heavy atom. The first-order valence-corrected chi connectivity index (χ1v) is 9.52. The zero-order valence-corrected chi connectivity index (χ0v) is 14.4. The molecule has 130 valence electrons. The highest BCUT2D eigenvalue weighted by Gasteiger charge is 2.28. The standard InChI is InChI=1S/C16H21N3O4S/c1-12(20)18-8-10-19(11-9-18)16(21)13-2-6-15(7-3-13)24(22,23)17-14-4-5-14/h2-3,6-7,14,17H,4-5,8-11H2,1H3. The van der Waals surface area contributed by atoms with Crippen LogP contribution in [0.25, 0.3) is 0 Å². The van der Waals surface area contributed by atoms with Crippen LogP contribution in [0.2, 0.25) is 0 Å². The zero-order valence-electron chi connectivity index (χ0n) is 13.6. The summed E-state index contributed by atoms with van der Waals surface area (Å²) in [5, 5.41) is 0. The van der Waals surface area contributed by atoms with Gasteiger partial charge in [-0.25, -0.2) is 13.1 Å². The van der Waals surface area contributed by atoms with E-state index in [2.05, 4.69) is 4.72 Å². The molecule has 0 unspecified atom stereocenters. The number of nitrogens with one attached hydrogen (secondary N) is 1. The third-order valence-electron chi connectivity index (χ3n) is 4.32. The number of benzene rings is 1. The van der Waals surface area contributed by atoms with Gasteiger partial charge in [0, 0.05) is 44.7 Å². The van der Waals surface area contributed by atoms with Crippen LogP contribution in [0.4, 0.5) is 0 Å². The van der Waals surface area contributed by atoms with E-state index in [1.54, 1.807) is 21.9 Å². The van der Waals surface area contributed by atoms with Gasteiger partial charge in [-0.3, -0.25) is 9.59 Å². The molecule has 2 aliphatic rings. The van der Waals surface area contributed by atoms with E-state index in [1.165, 1.54) is 19.1 Å². The van der Waals surface area contributed by atoms with Gasteiger partial charge >= 0.3 is 0 Å². The summed E-state index contributed by atoms with van der Waals surface area (Å²) in [4.78, 5) is 27.4. The summed E-state index contributed by atoms with van der Waals surface area (Å²) in [6.07, 6.45) is 1.75. The third-order valence-corrected chi connectivity index (χ3v) is 5.86. The van der Waals surface area contributed by atoms with Gasteiger partial charge in [0.1, 0.15) is 0 Å². The van der Waals surface area contributed by atoms with E-state index >= 15 is 0 Å². The summed E-state index contributed by atoms with van der Waals surface area (Å²) in [5.41, 5.74) is 0.455. The Labute approximate surface area is 141 Å². The van der Waals surface area contributed by atoms with Gasteiger partial charge in [0.05, 0.1) is 4.90 Å². The maximum atomic E-state index is 12.5. The number of hydrogen-bond acceptors (Lipinski definition) is 4. The first-order chi connectivity index (χ1) is 11.4. The predicted molar refractivity (Wildman–Crippen MR) is 87.9 cm³/mol. The second kappa shape index (κ2) is 6.52. The van der Waals surface area contributed by atoms with Crippen molar-refractivity contribution in [3.8, 4) is 0 Å². The number of carbonyl (C=O) groups excluding carboxylic acids is 2. The lowest BCUT2D eigenvalue weighted by Gasteiger charge is -2.34. The van der Waals surface area contributed by atoms with Crippen molar-refractivity contribution >= 4 is 21.8 Å². The summed E-state index contributed by atoms with van der Waals surface area (Å²) in [6, 6.07) is 6.06. The molecule has 1 aromatic carbocycles. The lowest BCUT2D eigenvalue weighted by molar-refractivity contribution is -0.130. The number of carbonyl (C=O) groups is 2. The Kier molecular flexibility index (Phi) is 4.60. The van der Waals surface area contributed by atoms with E-state index in [9.17, 15) is 18.0 Å². The lowest BCUT2D eigenvalue weighted by Crippen LogP contribution is -2.50. The normalized spacial score (nSPS) is 18.5. The molecule has 1 heterocycles. The molecule has 0 spiro atoms. The zero-order chi connectivity index (χ0) is 17.3. The minimum absolute atomic E-state index is 0.0137. The minimum Gasteiger partial charge on any atom is -0.339 e. The Morgan fingerprint density at radius 3 is 2.04 bits per heavy atom. The van der Waals surface area contributed by atoms with E-state index in [4.69, 9.17) is 0 Å². The van der Waals surface area contributed by atoms with Crippen molar-refractivity contribution in [2.24, 2.45) is 0 Å². The molecule has 1 aliphatic heterocycles. The van der Waals surface area contributed by atoms with Crippen LogP contribution in [-0.2, 0) is 14.8 Å². The molecule has 3 rings (SSSR count). The highest BCUT2D eigenvalue weighted by atomic mass is 32.2. The van der Waals surface area contributed by atoms with Crippen molar-refractivity contribution in [2.45, 2.75) is 30.7 Å². The van der Waals surface area contributed by atoms with Crippen molar-refractivity contribution < 1.29 is 18.0 Å². The van der Waals surface area contributed by atoms with Crippen LogP contribution < -0.4 is 4.72 Å². The van der Waals surface area contributed by atoms with Gasteiger partial charge in [-0.2, -0.15) is 0 Å². The van der Waals surface area contributed by atoms with E-state index in [1.807, 2.05) is 0 Å². The van der Waals surface area contributed by atoms with Crippen molar-refractivity contribution in [3.63, 3.8) is 0 Å². The molecule has 0 radical (unpaired) electrons. The van der Waals surface area contributed by atoms with Crippen LogP contribution in [-0.4, -0.2) is 62.3 Å². The SMILES string of the molecule is CC(=O)N1CCN(C(=O)c2ccc(S(=O)(=O)NC3CC3)cc2)CC1. The monoisotopic (exact) mass is 351 g/mol. The smallest absolute Gasteiger partial charge is 0.253 e. The molecule has 1 N–H and O–H groups in total. The summed E-state index contributed by atoms with van der Waals surface area (Å²) >= 11 is 0. The highest BCUT2D eigenvalue weighted by molar-refractivity contribution is 7.89. The molecule has 2 amide bonds. The number of hydrogen-bond donors (Lipinski definition) is 1. The molecule has 0 atom stereocenters. The van der Waals surface area contributed by atoms with Gasteiger partial charge in [0.2, 0.25) is 15.9 Å². The molecule has 7 nitrogen and oxygen atoms in total. The molecule has 1 saturated heterocycles. The fraction of sp³-hybridized carbons (Fsp3) is 0.500. The molecule has 2 fully saturated rings. The quantitative estimate of drug-likeness (QED) is 0.852. The maximum absolute atomic E-state index is 12.5. The lowest BCUT2D eigenvalue weighted by atomic mass is 10.2. The second-order valence-electron chi connectivity index (χ2n) is 6.22. The number of rotatable bonds is 4. The van der Waals surface area contributed by atoms with Gasteiger partial charge < -0.3 is 9.80 Å². The molecular formula is C16H21N3O4S. The van der Waals surface area contributed by atoms with Gasteiger partial charge in [-0.05, 0) is 37.1 Å². The number of sulfonamides is 1. The number of nitrogens with zero attached hydrogens (tertiary/aromatic N) is 2. The molecule has 0 bridgehead atoms. The van der Waals surface area contributed by atoms with Crippen LogP contribution >= 0.6 is 0 Å². The van der Waals surface area contributed by atoms with Crippen molar-refractivity contribution in [1.82, 2.24) is 14.5 Å². The Morgan fingerprint density at radius 1 is 1.00 bits per heavy atom. The average Bonchev–Trinajstić information content (AvgIpc) is 3.37. The highest BCUT2D eigenvalue weighted by Crippen LogP contribution is 2.22. The van der Waals surface area contributed by atoms with E-state index < -0.39 is 10.0 Å². The molecule has 1 aromatic rings. The fourth-order valence-electron chi connectivity index (χ4n) is 2.67. The van der Waals surface area contributed by atoms with Crippen LogP contribution in [0.15, 0.2) is 29.2 Å². The van der Waals surface area contributed by atoms with Crippen LogP contribution in [0.5, 0.6) is 0 Å². The molecule has 1 saturated carbocycles. The Hall–Kier alpha value is -1.93. The fourth-order valence-corrected chi connectivity index (χ4v) is 3.98. The topological polar surface area (TPSA) is 86.8 Å². The summed E-state index contributed by atoms with van der Waals surface area (Å²) < 4.78 is 26.9. The molecule has 8 heteroatoms. The van der Waals surface area contributed by atoms with Gasteiger partial charge in [-0.15, -0.1) is 0 Å². The van der Waals surface area contributed by atoms with Crippen molar-refractivity contribution in [3.05, 3.63) is 29.8 Å². The second-order valence-corrected chi connectivity index (χ2v) is 7.93. The predicted octanol–water partition coefficient (Wildman–Crippen LogP) is 0.432. The van der Waals surface area contributed by atoms with Gasteiger partial charge in [0.25, 0.3) is 5.91 Å². The molecule has 24 heavy (non-hydrogen) atoms. The summed E-state index contributed by atoms with van der Waals surface area (Å²) in [6.45, 7) is 3.55. The van der Waals surface area contributed by atoms with Crippen molar-refractivity contribution in [2.75, 3.05) is 26.2 Å². The first kappa shape index (κ1) is 16.9. The largest absolute Gasteiger partial charge is 0.339 e. The van der Waals surface area contributed by atoms with E-state index in [-0.39, 0.29) is 22.8 Å². The number of amides is 2. The van der Waals surface area contributed by atoms with Gasteiger partial charge in [0.15, 0.2) is 0 Å².